The minimum Gasteiger partial charge on any atom is -0.493 e. The van der Waals surface area contributed by atoms with Crippen molar-refractivity contribution in [3.8, 4) is 22.8 Å². The van der Waals surface area contributed by atoms with Crippen LogP contribution in [-0.2, 0) is 4.79 Å². The molecule has 34 heavy (non-hydrogen) atoms. The highest BCUT2D eigenvalue weighted by atomic mass is 16.5. The van der Waals surface area contributed by atoms with E-state index in [4.69, 9.17) is 9.47 Å². The molecule has 0 atom stereocenters. The van der Waals surface area contributed by atoms with Gasteiger partial charge in [-0.25, -0.2) is 9.97 Å². The van der Waals surface area contributed by atoms with Gasteiger partial charge in [0.25, 0.3) is 0 Å². The molecular weight excluding hydrogens is 428 g/mol. The van der Waals surface area contributed by atoms with E-state index in [1.807, 2.05) is 66.7 Å². The van der Waals surface area contributed by atoms with E-state index in [0.29, 0.717) is 23.0 Å². The SMILES string of the molecule is COc1ccc(/C=C/C(=O)Nc2ccc(Nc3cc(-c4ccccc4)ncn3)cc2)cc1OC. The van der Waals surface area contributed by atoms with Crippen LogP contribution in [0.2, 0.25) is 0 Å². The molecule has 1 aromatic heterocycles. The first-order valence-electron chi connectivity index (χ1n) is 10.6. The van der Waals surface area contributed by atoms with Gasteiger partial charge in [0.1, 0.15) is 12.1 Å². The van der Waals surface area contributed by atoms with Crippen LogP contribution in [0.1, 0.15) is 5.56 Å². The first-order valence-corrected chi connectivity index (χ1v) is 10.6. The topological polar surface area (TPSA) is 85.4 Å². The van der Waals surface area contributed by atoms with Crippen LogP contribution < -0.4 is 20.1 Å². The maximum Gasteiger partial charge on any atom is 0.248 e. The van der Waals surface area contributed by atoms with Crippen LogP contribution in [0, 0.1) is 0 Å². The van der Waals surface area contributed by atoms with Crippen molar-refractivity contribution in [2.45, 2.75) is 0 Å². The Morgan fingerprint density at radius 3 is 2.29 bits per heavy atom. The summed E-state index contributed by atoms with van der Waals surface area (Å²) in [4.78, 5) is 21.0. The van der Waals surface area contributed by atoms with Crippen molar-refractivity contribution in [2.24, 2.45) is 0 Å². The summed E-state index contributed by atoms with van der Waals surface area (Å²) < 4.78 is 10.5. The Morgan fingerprint density at radius 2 is 1.56 bits per heavy atom. The van der Waals surface area contributed by atoms with Gasteiger partial charge in [0.15, 0.2) is 11.5 Å². The highest BCUT2D eigenvalue weighted by Crippen LogP contribution is 2.28. The molecule has 1 heterocycles. The fraction of sp³-hybridized carbons (Fsp3) is 0.0741. The minimum atomic E-state index is -0.237. The summed E-state index contributed by atoms with van der Waals surface area (Å²) in [6.45, 7) is 0. The van der Waals surface area contributed by atoms with Crippen molar-refractivity contribution < 1.29 is 14.3 Å². The number of anilines is 3. The van der Waals surface area contributed by atoms with Crippen LogP contribution >= 0.6 is 0 Å². The molecule has 0 spiro atoms. The lowest BCUT2D eigenvalue weighted by Gasteiger charge is -2.09. The average Bonchev–Trinajstić information content (AvgIpc) is 2.89. The van der Waals surface area contributed by atoms with Crippen molar-refractivity contribution in [1.82, 2.24) is 9.97 Å². The van der Waals surface area contributed by atoms with E-state index >= 15 is 0 Å². The average molecular weight is 453 g/mol. The number of nitrogens with one attached hydrogen (secondary N) is 2. The van der Waals surface area contributed by atoms with Crippen molar-refractivity contribution in [2.75, 3.05) is 24.9 Å². The smallest absolute Gasteiger partial charge is 0.248 e. The number of hydrogen-bond acceptors (Lipinski definition) is 6. The lowest BCUT2D eigenvalue weighted by atomic mass is 10.1. The molecule has 0 unspecified atom stereocenters. The molecule has 3 aromatic carbocycles. The normalized spacial score (nSPS) is 10.6. The van der Waals surface area contributed by atoms with Gasteiger partial charge in [0.05, 0.1) is 19.9 Å². The largest absolute Gasteiger partial charge is 0.493 e. The number of hydrogen-bond donors (Lipinski definition) is 2. The van der Waals surface area contributed by atoms with Gasteiger partial charge in [-0.15, -0.1) is 0 Å². The third kappa shape index (κ3) is 5.77. The molecule has 4 aromatic rings. The second-order valence-corrected chi connectivity index (χ2v) is 7.29. The fourth-order valence-electron chi connectivity index (χ4n) is 3.29. The molecule has 0 fully saturated rings. The third-order valence-electron chi connectivity index (χ3n) is 5.00. The quantitative estimate of drug-likeness (QED) is 0.341. The number of benzene rings is 3. The number of aromatic nitrogens is 2. The molecule has 0 radical (unpaired) electrons. The number of methoxy groups -OCH3 is 2. The summed E-state index contributed by atoms with van der Waals surface area (Å²) in [6.07, 6.45) is 4.72. The number of carbonyl (C=O) groups excluding carboxylic acids is 1. The summed E-state index contributed by atoms with van der Waals surface area (Å²) >= 11 is 0. The molecule has 0 aliphatic heterocycles. The molecule has 0 saturated carbocycles. The summed E-state index contributed by atoms with van der Waals surface area (Å²) in [7, 11) is 3.15. The summed E-state index contributed by atoms with van der Waals surface area (Å²) in [5.41, 5.74) is 4.21. The predicted molar refractivity (Wildman–Crippen MR) is 134 cm³/mol. The zero-order chi connectivity index (χ0) is 23.8. The van der Waals surface area contributed by atoms with Crippen LogP contribution in [0.15, 0.2) is 91.3 Å². The van der Waals surface area contributed by atoms with Gasteiger partial charge in [0, 0.05) is 29.1 Å². The molecule has 170 valence electrons. The third-order valence-corrected chi connectivity index (χ3v) is 5.00. The summed E-state index contributed by atoms with van der Waals surface area (Å²) in [5, 5.41) is 6.11. The predicted octanol–water partition coefficient (Wildman–Crippen LogP) is 5.56. The molecule has 0 bridgehead atoms. The Morgan fingerprint density at radius 1 is 0.824 bits per heavy atom. The monoisotopic (exact) mass is 452 g/mol. The van der Waals surface area contributed by atoms with Crippen molar-refractivity contribution in [1.29, 1.82) is 0 Å². The summed E-state index contributed by atoms with van der Waals surface area (Å²) in [6, 6.07) is 24.7. The first kappa shape index (κ1) is 22.5. The number of rotatable bonds is 8. The molecule has 2 N–H and O–H groups in total. The van der Waals surface area contributed by atoms with Crippen LogP contribution in [0.3, 0.4) is 0 Å². The van der Waals surface area contributed by atoms with Gasteiger partial charge < -0.3 is 20.1 Å². The second-order valence-electron chi connectivity index (χ2n) is 7.29. The van der Waals surface area contributed by atoms with Crippen LogP contribution in [0.25, 0.3) is 17.3 Å². The van der Waals surface area contributed by atoms with Gasteiger partial charge in [0.2, 0.25) is 5.91 Å². The van der Waals surface area contributed by atoms with Gasteiger partial charge in [-0.2, -0.15) is 0 Å². The Bertz CT molecular complexity index is 1290. The maximum absolute atomic E-state index is 12.3. The molecule has 0 saturated heterocycles. The van der Waals surface area contributed by atoms with E-state index in [1.165, 1.54) is 12.4 Å². The van der Waals surface area contributed by atoms with Crippen LogP contribution in [0.5, 0.6) is 11.5 Å². The molecule has 4 rings (SSSR count). The van der Waals surface area contributed by atoms with Crippen molar-refractivity contribution in [3.05, 3.63) is 96.8 Å². The lowest BCUT2D eigenvalue weighted by Crippen LogP contribution is -2.07. The Balaban J connectivity index is 1.37. The fourth-order valence-corrected chi connectivity index (χ4v) is 3.29. The Kier molecular flexibility index (Phi) is 7.15. The highest BCUT2D eigenvalue weighted by Gasteiger charge is 2.05. The van der Waals surface area contributed by atoms with Gasteiger partial charge >= 0.3 is 0 Å². The molecule has 0 aliphatic rings. The van der Waals surface area contributed by atoms with E-state index in [9.17, 15) is 4.79 Å². The number of amides is 1. The van der Waals surface area contributed by atoms with Crippen LogP contribution in [0.4, 0.5) is 17.2 Å². The lowest BCUT2D eigenvalue weighted by molar-refractivity contribution is -0.111. The molecule has 0 aliphatic carbocycles. The number of ether oxygens (including phenoxy) is 2. The molecule has 7 heteroatoms. The van der Waals surface area contributed by atoms with Gasteiger partial charge in [-0.1, -0.05) is 36.4 Å². The highest BCUT2D eigenvalue weighted by molar-refractivity contribution is 6.02. The number of carbonyl (C=O) groups is 1. The van der Waals surface area contributed by atoms with Crippen LogP contribution in [-0.4, -0.2) is 30.1 Å². The Labute approximate surface area is 198 Å². The minimum absolute atomic E-state index is 0.237. The van der Waals surface area contributed by atoms with Gasteiger partial charge in [-0.05, 0) is 48.0 Å². The molecular formula is C27H24N4O3. The second kappa shape index (κ2) is 10.8. The van der Waals surface area contributed by atoms with Crippen molar-refractivity contribution in [3.63, 3.8) is 0 Å². The molecule has 7 nitrogen and oxygen atoms in total. The zero-order valence-corrected chi connectivity index (χ0v) is 18.9. The molecule has 1 amide bonds. The standard InChI is InChI=1S/C27H24N4O3/c1-33-24-14-8-19(16-25(24)34-2)9-15-27(32)31-22-12-10-21(11-13-22)30-26-17-23(28-18-29-26)20-6-4-3-5-7-20/h3-18H,1-2H3,(H,31,32)(H,28,29,30)/b15-9+. The zero-order valence-electron chi connectivity index (χ0n) is 18.9. The van der Waals surface area contributed by atoms with Crippen molar-refractivity contribution >= 4 is 29.2 Å². The first-order chi connectivity index (χ1) is 16.6. The Hall–Kier alpha value is -4.65. The van der Waals surface area contributed by atoms with E-state index in [-0.39, 0.29) is 5.91 Å². The van der Waals surface area contributed by atoms with Gasteiger partial charge in [-0.3, -0.25) is 4.79 Å². The summed E-state index contributed by atoms with van der Waals surface area (Å²) in [5.74, 6) is 1.69. The van der Waals surface area contributed by atoms with E-state index in [1.54, 1.807) is 32.4 Å². The van der Waals surface area contributed by atoms with E-state index < -0.39 is 0 Å². The van der Waals surface area contributed by atoms with E-state index in [0.717, 1.165) is 22.5 Å². The number of nitrogens with zero attached hydrogens (tertiary/aromatic N) is 2. The maximum atomic E-state index is 12.3. The van der Waals surface area contributed by atoms with E-state index in [2.05, 4.69) is 20.6 Å².